The molecule has 18 heavy (non-hydrogen) atoms. The molecule has 0 aromatic carbocycles. The van der Waals surface area contributed by atoms with Gasteiger partial charge in [-0.15, -0.1) is 0 Å². The molecule has 0 amide bonds. The molecule has 2 atom stereocenters. The van der Waals surface area contributed by atoms with Gasteiger partial charge in [0.05, 0.1) is 6.04 Å². The maximum Gasteiger partial charge on any atom is 0.243 e. The highest BCUT2D eigenvalue weighted by molar-refractivity contribution is 7.98. The van der Waals surface area contributed by atoms with Crippen LogP contribution in [0.2, 0.25) is 0 Å². The Balaban J connectivity index is 2.71. The van der Waals surface area contributed by atoms with E-state index in [-0.39, 0.29) is 12.1 Å². The average Bonchev–Trinajstić information content (AvgIpc) is 2.81. The summed E-state index contributed by atoms with van der Waals surface area (Å²) in [5, 5.41) is 3.99. The molecule has 0 aliphatic heterocycles. The van der Waals surface area contributed by atoms with Gasteiger partial charge in [-0.2, -0.15) is 16.7 Å². The van der Waals surface area contributed by atoms with Gasteiger partial charge in [0.1, 0.15) is 6.10 Å². The molecular formula is C12H23N3O2S. The Labute approximate surface area is 113 Å². The summed E-state index contributed by atoms with van der Waals surface area (Å²) in [7, 11) is 0. The largest absolute Gasteiger partial charge is 0.370 e. The number of nitrogens with two attached hydrogens (primary N) is 1. The van der Waals surface area contributed by atoms with Crippen molar-refractivity contribution in [1.82, 2.24) is 10.1 Å². The van der Waals surface area contributed by atoms with Crippen molar-refractivity contribution in [3.05, 3.63) is 11.7 Å². The second-order valence-corrected chi connectivity index (χ2v) is 5.48. The molecule has 0 saturated heterocycles. The summed E-state index contributed by atoms with van der Waals surface area (Å²) in [5.74, 6) is 2.39. The van der Waals surface area contributed by atoms with Crippen LogP contribution in [0.3, 0.4) is 0 Å². The van der Waals surface area contributed by atoms with Crippen molar-refractivity contribution in [2.45, 2.75) is 39.3 Å². The van der Waals surface area contributed by atoms with E-state index in [1.54, 1.807) is 11.8 Å². The van der Waals surface area contributed by atoms with E-state index in [4.69, 9.17) is 15.0 Å². The molecule has 1 rings (SSSR count). The Morgan fingerprint density at radius 1 is 1.44 bits per heavy atom. The van der Waals surface area contributed by atoms with E-state index in [0.717, 1.165) is 12.2 Å². The standard InChI is InChI=1S/C12H23N3O2S/c1-5-16-10(8(2)3)11-14-12(17-15-11)9(13)6-7-18-4/h8-10H,5-7,13H2,1-4H3/t9-,10?/m0/s1. The number of nitrogens with zero attached hydrogens (tertiary/aromatic N) is 2. The van der Waals surface area contributed by atoms with E-state index in [0.29, 0.717) is 24.2 Å². The van der Waals surface area contributed by atoms with E-state index >= 15 is 0 Å². The summed E-state index contributed by atoms with van der Waals surface area (Å²) in [6.07, 6.45) is 2.76. The number of thioether (sulfide) groups is 1. The fourth-order valence-corrected chi connectivity index (χ4v) is 2.12. The third-order valence-electron chi connectivity index (χ3n) is 2.61. The van der Waals surface area contributed by atoms with E-state index in [9.17, 15) is 0 Å². The van der Waals surface area contributed by atoms with Gasteiger partial charge in [-0.1, -0.05) is 19.0 Å². The fraction of sp³-hybridized carbons (Fsp3) is 0.833. The average molecular weight is 273 g/mol. The van der Waals surface area contributed by atoms with Crippen molar-refractivity contribution in [3.8, 4) is 0 Å². The van der Waals surface area contributed by atoms with Gasteiger partial charge in [0, 0.05) is 6.61 Å². The van der Waals surface area contributed by atoms with Crippen molar-refractivity contribution in [1.29, 1.82) is 0 Å². The predicted octanol–water partition coefficient (Wildman–Crippen LogP) is 2.56. The molecule has 5 nitrogen and oxygen atoms in total. The van der Waals surface area contributed by atoms with Crippen LogP contribution in [0.4, 0.5) is 0 Å². The summed E-state index contributed by atoms with van der Waals surface area (Å²) < 4.78 is 10.9. The minimum Gasteiger partial charge on any atom is -0.370 e. The summed E-state index contributed by atoms with van der Waals surface area (Å²) >= 11 is 1.76. The van der Waals surface area contributed by atoms with Crippen LogP contribution in [0.5, 0.6) is 0 Å². The zero-order valence-electron chi connectivity index (χ0n) is 11.5. The Morgan fingerprint density at radius 2 is 2.17 bits per heavy atom. The van der Waals surface area contributed by atoms with E-state index in [2.05, 4.69) is 30.2 Å². The summed E-state index contributed by atoms with van der Waals surface area (Å²) in [4.78, 5) is 4.37. The lowest BCUT2D eigenvalue weighted by Gasteiger charge is -2.16. The van der Waals surface area contributed by atoms with Gasteiger partial charge in [0.2, 0.25) is 11.7 Å². The predicted molar refractivity (Wildman–Crippen MR) is 73.4 cm³/mol. The van der Waals surface area contributed by atoms with Crippen LogP contribution in [0.25, 0.3) is 0 Å². The number of ether oxygens (including phenoxy) is 1. The van der Waals surface area contributed by atoms with Crippen molar-refractivity contribution in [3.63, 3.8) is 0 Å². The monoisotopic (exact) mass is 273 g/mol. The van der Waals surface area contributed by atoms with Gasteiger partial charge in [-0.3, -0.25) is 0 Å². The van der Waals surface area contributed by atoms with E-state index in [1.807, 2.05) is 6.92 Å². The quantitative estimate of drug-likeness (QED) is 0.784. The molecule has 0 spiro atoms. The van der Waals surface area contributed by atoms with Crippen LogP contribution in [0.15, 0.2) is 4.52 Å². The van der Waals surface area contributed by atoms with Gasteiger partial charge in [-0.25, -0.2) is 0 Å². The summed E-state index contributed by atoms with van der Waals surface area (Å²) in [6, 6.07) is -0.187. The molecule has 0 saturated carbocycles. The van der Waals surface area contributed by atoms with Crippen molar-refractivity contribution >= 4 is 11.8 Å². The van der Waals surface area contributed by atoms with Crippen molar-refractivity contribution in [2.24, 2.45) is 11.7 Å². The molecule has 2 N–H and O–H groups in total. The van der Waals surface area contributed by atoms with Crippen LogP contribution in [-0.4, -0.2) is 28.8 Å². The lowest BCUT2D eigenvalue weighted by molar-refractivity contribution is 0.0217. The smallest absolute Gasteiger partial charge is 0.243 e. The summed E-state index contributed by atoms with van der Waals surface area (Å²) in [6.45, 7) is 6.74. The first-order valence-electron chi connectivity index (χ1n) is 6.29. The Kier molecular flexibility index (Phi) is 6.67. The minimum absolute atomic E-state index is 0.125. The molecule has 0 fully saturated rings. The lowest BCUT2D eigenvalue weighted by atomic mass is 10.1. The highest BCUT2D eigenvalue weighted by Crippen LogP contribution is 2.24. The van der Waals surface area contributed by atoms with Crippen LogP contribution in [-0.2, 0) is 4.74 Å². The van der Waals surface area contributed by atoms with Crippen molar-refractivity contribution < 1.29 is 9.26 Å². The van der Waals surface area contributed by atoms with E-state index in [1.165, 1.54) is 0 Å². The van der Waals surface area contributed by atoms with Crippen molar-refractivity contribution in [2.75, 3.05) is 18.6 Å². The Hall–Kier alpha value is -0.590. The minimum atomic E-state index is -0.187. The fourth-order valence-electron chi connectivity index (χ4n) is 1.63. The molecule has 1 aromatic heterocycles. The molecule has 1 heterocycles. The molecular weight excluding hydrogens is 250 g/mol. The zero-order valence-corrected chi connectivity index (χ0v) is 12.4. The molecule has 1 aromatic rings. The van der Waals surface area contributed by atoms with E-state index < -0.39 is 0 Å². The maximum atomic E-state index is 5.99. The van der Waals surface area contributed by atoms with Gasteiger partial charge < -0.3 is 15.0 Å². The second kappa shape index (κ2) is 7.76. The zero-order chi connectivity index (χ0) is 13.5. The number of hydrogen-bond donors (Lipinski definition) is 1. The van der Waals surface area contributed by atoms with Crippen LogP contribution in [0, 0.1) is 5.92 Å². The topological polar surface area (TPSA) is 74.2 Å². The third-order valence-corrected chi connectivity index (χ3v) is 3.26. The molecule has 104 valence electrons. The summed E-state index contributed by atoms with van der Waals surface area (Å²) in [5.41, 5.74) is 5.99. The molecule has 1 unspecified atom stereocenters. The number of aromatic nitrogens is 2. The number of hydrogen-bond acceptors (Lipinski definition) is 6. The number of rotatable bonds is 8. The first kappa shape index (κ1) is 15.5. The van der Waals surface area contributed by atoms with Gasteiger partial charge >= 0.3 is 0 Å². The maximum absolute atomic E-state index is 5.99. The normalized spacial score (nSPS) is 15.0. The Morgan fingerprint density at radius 3 is 2.72 bits per heavy atom. The second-order valence-electron chi connectivity index (χ2n) is 4.50. The van der Waals surface area contributed by atoms with Gasteiger partial charge in [0.25, 0.3) is 0 Å². The highest BCUT2D eigenvalue weighted by Gasteiger charge is 2.23. The molecule has 0 bridgehead atoms. The molecule has 0 radical (unpaired) electrons. The SMILES string of the molecule is CCOC(c1noc([C@@H](N)CCSC)n1)C(C)C. The highest BCUT2D eigenvalue weighted by atomic mass is 32.2. The lowest BCUT2D eigenvalue weighted by Crippen LogP contribution is -2.14. The van der Waals surface area contributed by atoms with Gasteiger partial charge in [-0.05, 0) is 31.3 Å². The molecule has 0 aliphatic rings. The van der Waals surface area contributed by atoms with Crippen LogP contribution < -0.4 is 5.73 Å². The van der Waals surface area contributed by atoms with Gasteiger partial charge in [0.15, 0.2) is 0 Å². The Bertz CT molecular complexity index is 344. The van der Waals surface area contributed by atoms with Crippen LogP contribution in [0.1, 0.15) is 51.1 Å². The first-order valence-corrected chi connectivity index (χ1v) is 7.69. The van der Waals surface area contributed by atoms with Crippen LogP contribution >= 0.6 is 11.8 Å². The molecule has 6 heteroatoms. The molecule has 0 aliphatic carbocycles. The third kappa shape index (κ3) is 4.26. The first-order chi connectivity index (χ1) is 8.60.